The minimum Gasteiger partial charge on any atom is -0.391 e. The van der Waals surface area contributed by atoms with Crippen molar-refractivity contribution in [1.29, 1.82) is 0 Å². The second-order valence-corrected chi connectivity index (χ2v) is 30.4. The molecule has 546 valence electrons. The van der Waals surface area contributed by atoms with Crippen LogP contribution >= 0.6 is 0 Å². The lowest BCUT2D eigenvalue weighted by Crippen LogP contribution is -2.41. The number of aryl methyl sites for hydroxylation is 2. The standard InChI is InChI=1S/C35H48.C34H46.2C6H16NO.C5H14N.C5H13N/c1-6-13-28(8-3)31-21-23-33(24-22-31)35(25-29(9-4)30-15-11-10-12-16-30)26-34(14-7-2)32-19-17-27(5)18-20-32;1-6-13-27(7-2)31-20-22-33(23-21-31)34(24-28(8-3)30-14-11-10-12-15-30)25-29(9-4)32-18-16-26(5)17-19-32;2*1-4-7(2,3)5-6-8;1-5-6(2,3)4;1-4-6(3)5-2/h10-12,15-24,28-29,34-35H,6-9,13-14,25-26H2,1-5H3;10-12,14-23,27-29,34H,6-9,13,24-25H2,1-5H3;2*8H,4-6H2,1-3H3;5H2,1-4H3;4-5H2,1-3H3/q;;3*+1;. The molecule has 0 radical (unpaired) electrons. The van der Waals surface area contributed by atoms with Gasteiger partial charge in [0.2, 0.25) is 0 Å². The molecule has 2 N–H and O–H groups in total. The topological polar surface area (TPSA) is 43.7 Å². The molecule has 0 aromatic heterocycles. The Hall–Kier alpha value is -4.92. The number of likely N-dealkylation sites (N-methyl/N-ethyl adjacent to an activating group) is 2. The van der Waals surface area contributed by atoms with Crippen LogP contribution in [0, 0.1) is 13.8 Å². The van der Waals surface area contributed by atoms with Crippen molar-refractivity contribution in [3.05, 3.63) is 213 Å². The molecule has 0 spiro atoms. The number of hydrogen-bond acceptors (Lipinski definition) is 3. The van der Waals surface area contributed by atoms with Crippen LogP contribution in [0.25, 0.3) is 0 Å². The Morgan fingerprint density at radius 1 is 0.299 bits per heavy atom. The Morgan fingerprint density at radius 3 is 0.742 bits per heavy atom. The Kier molecular flexibility index (Phi) is 47.6. The summed E-state index contributed by atoms with van der Waals surface area (Å²) in [7, 11) is 17.1. The molecule has 0 fully saturated rings. The van der Waals surface area contributed by atoms with E-state index in [0.717, 1.165) is 52.7 Å². The summed E-state index contributed by atoms with van der Waals surface area (Å²) in [5.74, 6) is 4.94. The highest BCUT2D eigenvalue weighted by Gasteiger charge is 2.26. The fourth-order valence-corrected chi connectivity index (χ4v) is 12.7. The lowest BCUT2D eigenvalue weighted by molar-refractivity contribution is -0.888. The lowest BCUT2D eigenvalue weighted by atomic mass is 9.76. The van der Waals surface area contributed by atoms with Gasteiger partial charge in [-0.1, -0.05) is 257 Å². The first-order chi connectivity index (χ1) is 46.3. The van der Waals surface area contributed by atoms with Gasteiger partial charge in [-0.25, -0.2) is 0 Å². The van der Waals surface area contributed by atoms with Gasteiger partial charge in [0.1, 0.15) is 13.1 Å². The number of nitrogens with zero attached hydrogens (tertiary/aromatic N) is 4. The van der Waals surface area contributed by atoms with E-state index < -0.39 is 0 Å². The zero-order chi connectivity index (χ0) is 72.8. The Labute approximate surface area is 601 Å². The van der Waals surface area contributed by atoms with E-state index in [-0.39, 0.29) is 0 Å². The van der Waals surface area contributed by atoms with Gasteiger partial charge in [0.05, 0.1) is 82.2 Å². The molecule has 8 unspecified atom stereocenters. The summed E-state index contributed by atoms with van der Waals surface area (Å²) in [6.07, 6.45) is 18.5. The summed E-state index contributed by atoms with van der Waals surface area (Å²) < 4.78 is 2.90. The molecule has 0 amide bonds. The summed E-state index contributed by atoms with van der Waals surface area (Å²) in [6.45, 7) is 41.8. The van der Waals surface area contributed by atoms with Crippen LogP contribution < -0.4 is 0 Å². The van der Waals surface area contributed by atoms with Crippen LogP contribution in [-0.2, 0) is 0 Å². The van der Waals surface area contributed by atoms with Gasteiger partial charge in [0, 0.05) is 0 Å². The highest BCUT2D eigenvalue weighted by Crippen LogP contribution is 2.43. The molecule has 6 aromatic rings. The maximum absolute atomic E-state index is 8.52. The highest BCUT2D eigenvalue weighted by molar-refractivity contribution is 5.33. The number of rotatable bonds is 36. The average Bonchev–Trinajstić information content (AvgIpc) is 0.865. The van der Waals surface area contributed by atoms with Crippen molar-refractivity contribution in [2.24, 2.45) is 0 Å². The van der Waals surface area contributed by atoms with Gasteiger partial charge in [-0.05, 0) is 224 Å². The SMILES string of the molecule is CCCC(CC)c1ccc(C(CC(CC)c2ccccc2)CC(CC)c2ccc(C)cc2)cc1.CCCC(CC)c1ccc(C(CC(CC)c2ccccc2)CC(CCC)c2ccc(C)cc2)cc1.CCN(C)CC.CC[N+](C)(C)C.CC[N+](C)(C)CCO.CC[N+](C)(C)CCO. The van der Waals surface area contributed by atoms with Crippen molar-refractivity contribution in [3.8, 4) is 0 Å². The van der Waals surface area contributed by atoms with Crippen molar-refractivity contribution in [2.45, 2.75) is 248 Å². The first kappa shape index (κ1) is 90.1. The number of hydrogen-bond donors (Lipinski definition) is 2. The molecule has 0 bridgehead atoms. The van der Waals surface area contributed by atoms with E-state index in [9.17, 15) is 0 Å². The van der Waals surface area contributed by atoms with E-state index in [0.29, 0.717) is 60.6 Å². The molecule has 0 aliphatic rings. The van der Waals surface area contributed by atoms with Gasteiger partial charge in [-0.2, -0.15) is 0 Å². The van der Waals surface area contributed by atoms with Crippen LogP contribution in [0.1, 0.15) is 289 Å². The molecule has 0 aliphatic heterocycles. The smallest absolute Gasteiger partial charge is 0.102 e. The summed E-state index contributed by atoms with van der Waals surface area (Å²) in [5, 5.41) is 17.0. The fraction of sp³-hybridized carbons (Fsp3) is 0.604. The second-order valence-electron chi connectivity index (χ2n) is 30.4. The third-order valence-corrected chi connectivity index (χ3v) is 21.2. The molecular weight excluding hydrogens is 1180 g/mol. The van der Waals surface area contributed by atoms with Crippen molar-refractivity contribution >= 4 is 0 Å². The van der Waals surface area contributed by atoms with E-state index in [1.165, 1.54) is 158 Å². The van der Waals surface area contributed by atoms with E-state index in [1.54, 1.807) is 0 Å². The van der Waals surface area contributed by atoms with Crippen LogP contribution in [0.3, 0.4) is 0 Å². The molecule has 0 aliphatic carbocycles. The molecule has 0 saturated carbocycles. The summed E-state index contributed by atoms with van der Waals surface area (Å²) in [4.78, 5) is 2.25. The summed E-state index contributed by atoms with van der Waals surface area (Å²) in [6, 6.07) is 60.6. The van der Waals surface area contributed by atoms with Crippen LogP contribution in [0.2, 0.25) is 0 Å². The molecule has 0 heterocycles. The van der Waals surface area contributed by atoms with Crippen molar-refractivity contribution < 1.29 is 23.7 Å². The van der Waals surface area contributed by atoms with Gasteiger partial charge in [-0.15, -0.1) is 0 Å². The van der Waals surface area contributed by atoms with E-state index in [4.69, 9.17) is 10.2 Å². The minimum absolute atomic E-state index is 0.292. The maximum atomic E-state index is 8.52. The Morgan fingerprint density at radius 2 is 0.526 bits per heavy atom. The zero-order valence-corrected chi connectivity index (χ0v) is 67.3. The fourth-order valence-electron chi connectivity index (χ4n) is 12.7. The zero-order valence-electron chi connectivity index (χ0n) is 67.3. The first-order valence-electron chi connectivity index (χ1n) is 39.1. The average molecular weight is 1340 g/mol. The highest BCUT2D eigenvalue weighted by atomic mass is 16.3. The quantitative estimate of drug-likeness (QED) is 0.0385. The predicted octanol–water partition coefficient (Wildman–Crippen LogP) is 23.3. The van der Waals surface area contributed by atoms with Gasteiger partial charge in [0.25, 0.3) is 0 Å². The van der Waals surface area contributed by atoms with Gasteiger partial charge < -0.3 is 28.6 Å². The van der Waals surface area contributed by atoms with E-state index >= 15 is 0 Å². The third kappa shape index (κ3) is 37.4. The van der Waals surface area contributed by atoms with E-state index in [2.05, 4.69) is 323 Å². The van der Waals surface area contributed by atoms with Crippen molar-refractivity contribution in [3.63, 3.8) is 0 Å². The Balaban J connectivity index is 0.000000696. The molecular formula is C91H153N4O2+3. The lowest BCUT2D eigenvalue weighted by Gasteiger charge is -2.28. The number of aliphatic hydroxyl groups excluding tert-OH is 2. The van der Waals surface area contributed by atoms with Gasteiger partial charge >= 0.3 is 0 Å². The molecule has 6 nitrogen and oxygen atoms in total. The third-order valence-electron chi connectivity index (χ3n) is 21.2. The molecule has 8 atom stereocenters. The van der Waals surface area contributed by atoms with Crippen LogP contribution in [-0.4, -0.2) is 144 Å². The van der Waals surface area contributed by atoms with Crippen LogP contribution in [0.4, 0.5) is 0 Å². The van der Waals surface area contributed by atoms with E-state index in [1.807, 2.05) is 0 Å². The molecule has 6 rings (SSSR count). The normalized spacial score (nSPS) is 14.0. The molecule has 97 heavy (non-hydrogen) atoms. The molecule has 0 saturated heterocycles. The maximum Gasteiger partial charge on any atom is 0.102 e. The van der Waals surface area contributed by atoms with Gasteiger partial charge in [0.15, 0.2) is 0 Å². The van der Waals surface area contributed by atoms with Crippen molar-refractivity contribution in [2.75, 3.05) is 115 Å². The largest absolute Gasteiger partial charge is 0.391 e. The minimum atomic E-state index is 0.292. The number of aliphatic hydroxyl groups is 2. The number of quaternary nitrogens is 3. The van der Waals surface area contributed by atoms with Crippen LogP contribution in [0.15, 0.2) is 158 Å². The predicted molar refractivity (Wildman–Crippen MR) is 431 cm³/mol. The van der Waals surface area contributed by atoms with Crippen LogP contribution in [0.5, 0.6) is 0 Å². The van der Waals surface area contributed by atoms with Gasteiger partial charge in [-0.3, -0.25) is 0 Å². The summed E-state index contributed by atoms with van der Waals surface area (Å²) in [5.41, 5.74) is 14.8. The first-order valence-corrected chi connectivity index (χ1v) is 39.1. The molecule has 6 aromatic carbocycles. The number of benzene rings is 6. The monoisotopic (exact) mass is 1330 g/mol. The van der Waals surface area contributed by atoms with Crippen molar-refractivity contribution in [1.82, 2.24) is 4.90 Å². The second kappa shape index (κ2) is 51.3. The summed E-state index contributed by atoms with van der Waals surface area (Å²) >= 11 is 0. The molecule has 6 heteroatoms. The Bertz CT molecular complexity index is 2750.